The molecule has 2 rings (SSSR count). The van der Waals surface area contributed by atoms with Crippen molar-refractivity contribution < 1.29 is 0 Å². The Bertz CT molecular complexity index is 505. The van der Waals surface area contributed by atoms with Crippen molar-refractivity contribution in [1.29, 1.82) is 0 Å². The average Bonchev–Trinajstić information content (AvgIpc) is 2.77. The molecule has 18 heavy (non-hydrogen) atoms. The number of thioether (sulfide) groups is 1. The highest BCUT2D eigenvalue weighted by Crippen LogP contribution is 2.35. The van der Waals surface area contributed by atoms with Gasteiger partial charge < -0.3 is 5.73 Å². The molecule has 1 nitrogen and oxygen atoms in total. The van der Waals surface area contributed by atoms with E-state index in [4.69, 9.17) is 5.73 Å². The highest BCUT2D eigenvalue weighted by molar-refractivity contribution is 7.98. The monoisotopic (exact) mass is 277 g/mol. The van der Waals surface area contributed by atoms with Crippen LogP contribution in [0.15, 0.2) is 35.7 Å². The van der Waals surface area contributed by atoms with Crippen LogP contribution in [0.4, 0.5) is 0 Å². The number of benzene rings is 1. The molecule has 2 N–H and O–H groups in total. The molecule has 0 aliphatic rings. The molecule has 0 aliphatic heterocycles. The van der Waals surface area contributed by atoms with Gasteiger partial charge in [-0.15, -0.1) is 23.1 Å². The first-order chi connectivity index (χ1) is 8.70. The lowest BCUT2D eigenvalue weighted by Gasteiger charge is -2.14. The van der Waals surface area contributed by atoms with Gasteiger partial charge in [0.1, 0.15) is 0 Å². The molecule has 0 fully saturated rings. The smallest absolute Gasteiger partial charge is 0.0519 e. The van der Waals surface area contributed by atoms with Gasteiger partial charge in [0.05, 0.1) is 5.25 Å². The number of nitrogens with two attached hydrogens (primary N) is 1. The summed E-state index contributed by atoms with van der Waals surface area (Å²) < 4.78 is 0. The van der Waals surface area contributed by atoms with Crippen molar-refractivity contribution in [3.05, 3.63) is 57.3 Å². The zero-order valence-corrected chi connectivity index (χ0v) is 12.5. The zero-order valence-electron chi connectivity index (χ0n) is 10.8. The molecule has 1 atom stereocenters. The molecule has 1 aromatic carbocycles. The van der Waals surface area contributed by atoms with Crippen LogP contribution in [0.25, 0.3) is 0 Å². The van der Waals surface area contributed by atoms with Crippen molar-refractivity contribution in [3.8, 4) is 0 Å². The van der Waals surface area contributed by atoms with Crippen LogP contribution in [0.3, 0.4) is 0 Å². The van der Waals surface area contributed by atoms with Crippen molar-refractivity contribution in [2.75, 3.05) is 6.54 Å². The molecule has 0 bridgehead atoms. The third kappa shape index (κ3) is 3.37. The summed E-state index contributed by atoms with van der Waals surface area (Å²) in [5, 5.41) is 2.58. The van der Waals surface area contributed by atoms with Gasteiger partial charge in [-0.2, -0.15) is 0 Å². The Morgan fingerprint density at radius 3 is 2.72 bits per heavy atom. The molecule has 0 saturated heterocycles. The minimum Gasteiger partial charge on any atom is -0.329 e. The first-order valence-corrected chi connectivity index (χ1v) is 8.04. The van der Waals surface area contributed by atoms with Crippen molar-refractivity contribution >= 4 is 23.1 Å². The van der Waals surface area contributed by atoms with E-state index in [0.717, 1.165) is 5.75 Å². The molecular formula is C15H19NS2. The Morgan fingerprint density at radius 1 is 1.28 bits per heavy atom. The van der Waals surface area contributed by atoms with Gasteiger partial charge in [-0.25, -0.2) is 0 Å². The molecule has 0 saturated carbocycles. The lowest BCUT2D eigenvalue weighted by Crippen LogP contribution is -2.09. The summed E-state index contributed by atoms with van der Waals surface area (Å²) in [6.45, 7) is 5.01. The SMILES string of the molecule is Cc1cccc(CSC(CN)c2sccc2C)c1. The van der Waals surface area contributed by atoms with Crippen LogP contribution in [0.5, 0.6) is 0 Å². The lowest BCUT2D eigenvalue weighted by atomic mass is 10.2. The van der Waals surface area contributed by atoms with Crippen molar-refractivity contribution in [1.82, 2.24) is 0 Å². The van der Waals surface area contributed by atoms with Gasteiger partial charge >= 0.3 is 0 Å². The molecular weight excluding hydrogens is 258 g/mol. The zero-order chi connectivity index (χ0) is 13.0. The van der Waals surface area contributed by atoms with Gasteiger partial charge in [0, 0.05) is 17.2 Å². The predicted octanol–water partition coefficient (Wildman–Crippen LogP) is 4.30. The molecule has 96 valence electrons. The minimum absolute atomic E-state index is 0.422. The van der Waals surface area contributed by atoms with Crippen molar-refractivity contribution in [2.45, 2.75) is 24.9 Å². The summed E-state index contributed by atoms with van der Waals surface area (Å²) in [7, 11) is 0. The predicted molar refractivity (Wildman–Crippen MR) is 83.3 cm³/mol. The molecule has 0 radical (unpaired) electrons. The molecule has 1 aromatic heterocycles. The van der Waals surface area contributed by atoms with Crippen LogP contribution < -0.4 is 5.73 Å². The fraction of sp³-hybridized carbons (Fsp3) is 0.333. The topological polar surface area (TPSA) is 26.0 Å². The Labute approximate surface area is 117 Å². The third-order valence-corrected chi connectivity index (χ3v) is 5.55. The van der Waals surface area contributed by atoms with Crippen LogP contribution in [-0.2, 0) is 5.75 Å². The van der Waals surface area contributed by atoms with E-state index in [1.807, 2.05) is 23.1 Å². The highest BCUT2D eigenvalue weighted by Gasteiger charge is 2.14. The van der Waals surface area contributed by atoms with Gasteiger partial charge in [-0.05, 0) is 36.4 Å². The standard InChI is InChI=1S/C15H19NS2/c1-11-4-3-5-13(8-11)10-18-14(9-16)15-12(2)6-7-17-15/h3-8,14H,9-10,16H2,1-2H3. The Morgan fingerprint density at radius 2 is 2.11 bits per heavy atom. The van der Waals surface area contributed by atoms with E-state index in [9.17, 15) is 0 Å². The second-order valence-electron chi connectivity index (χ2n) is 4.49. The van der Waals surface area contributed by atoms with Gasteiger partial charge in [0.2, 0.25) is 0 Å². The van der Waals surface area contributed by atoms with Gasteiger partial charge in [-0.3, -0.25) is 0 Å². The van der Waals surface area contributed by atoms with E-state index in [1.165, 1.54) is 21.6 Å². The lowest BCUT2D eigenvalue weighted by molar-refractivity contribution is 0.951. The fourth-order valence-corrected chi connectivity index (χ4v) is 4.30. The van der Waals surface area contributed by atoms with Crippen LogP contribution in [0.2, 0.25) is 0 Å². The number of thiophene rings is 1. The number of hydrogen-bond acceptors (Lipinski definition) is 3. The number of aryl methyl sites for hydroxylation is 2. The summed E-state index contributed by atoms with van der Waals surface area (Å²) in [4.78, 5) is 1.43. The van der Waals surface area contributed by atoms with Crippen LogP contribution in [0.1, 0.15) is 26.8 Å². The van der Waals surface area contributed by atoms with Crippen LogP contribution in [0, 0.1) is 13.8 Å². The first kappa shape index (κ1) is 13.7. The Kier molecular flexibility index (Phi) is 4.87. The van der Waals surface area contributed by atoms with Gasteiger partial charge in [0.15, 0.2) is 0 Å². The van der Waals surface area contributed by atoms with E-state index in [0.29, 0.717) is 11.8 Å². The largest absolute Gasteiger partial charge is 0.329 e. The summed E-state index contributed by atoms with van der Waals surface area (Å²) in [5.41, 5.74) is 9.99. The summed E-state index contributed by atoms with van der Waals surface area (Å²) in [6, 6.07) is 10.9. The number of hydrogen-bond donors (Lipinski definition) is 1. The van der Waals surface area contributed by atoms with E-state index in [2.05, 4.69) is 49.6 Å². The molecule has 3 heteroatoms. The second kappa shape index (κ2) is 6.41. The molecule has 0 aliphatic carbocycles. The Hall–Kier alpha value is -0.770. The maximum atomic E-state index is 5.91. The maximum absolute atomic E-state index is 5.91. The second-order valence-corrected chi connectivity index (χ2v) is 6.63. The molecule has 2 aromatic rings. The Balaban J connectivity index is 2.02. The quantitative estimate of drug-likeness (QED) is 0.882. The molecule has 0 spiro atoms. The van der Waals surface area contributed by atoms with Crippen LogP contribution in [-0.4, -0.2) is 6.54 Å². The number of rotatable bonds is 5. The van der Waals surface area contributed by atoms with Crippen molar-refractivity contribution in [3.63, 3.8) is 0 Å². The van der Waals surface area contributed by atoms with Crippen LogP contribution >= 0.6 is 23.1 Å². The van der Waals surface area contributed by atoms with Crippen molar-refractivity contribution in [2.24, 2.45) is 5.73 Å². The molecule has 1 heterocycles. The third-order valence-electron chi connectivity index (χ3n) is 2.94. The maximum Gasteiger partial charge on any atom is 0.0519 e. The van der Waals surface area contributed by atoms with Gasteiger partial charge in [-0.1, -0.05) is 29.8 Å². The van der Waals surface area contributed by atoms with E-state index in [1.54, 1.807) is 0 Å². The van der Waals surface area contributed by atoms with E-state index >= 15 is 0 Å². The molecule has 0 amide bonds. The summed E-state index contributed by atoms with van der Waals surface area (Å²) in [6.07, 6.45) is 0. The fourth-order valence-electron chi connectivity index (χ4n) is 1.96. The first-order valence-electron chi connectivity index (χ1n) is 6.12. The van der Waals surface area contributed by atoms with E-state index in [-0.39, 0.29) is 0 Å². The molecule has 1 unspecified atom stereocenters. The highest BCUT2D eigenvalue weighted by atomic mass is 32.2. The van der Waals surface area contributed by atoms with E-state index < -0.39 is 0 Å². The average molecular weight is 277 g/mol. The minimum atomic E-state index is 0.422. The normalized spacial score (nSPS) is 12.6. The summed E-state index contributed by atoms with van der Waals surface area (Å²) >= 11 is 3.76. The van der Waals surface area contributed by atoms with Gasteiger partial charge in [0.25, 0.3) is 0 Å². The summed E-state index contributed by atoms with van der Waals surface area (Å²) in [5.74, 6) is 1.03.